The third-order valence-electron chi connectivity index (χ3n) is 6.88. The molecule has 3 aromatic carbocycles. The van der Waals surface area contributed by atoms with Gasteiger partial charge in [0, 0.05) is 18.4 Å². The Morgan fingerprint density at radius 1 is 0.833 bits per heavy atom. The highest BCUT2D eigenvalue weighted by Gasteiger charge is 2.62. The number of amides is 1. The van der Waals surface area contributed by atoms with Gasteiger partial charge in [-0.25, -0.2) is 0 Å². The molecular weight excluding hydrogens is 370 g/mol. The van der Waals surface area contributed by atoms with Crippen molar-refractivity contribution in [2.24, 2.45) is 0 Å². The SMILES string of the molecule is Cc1ccc(C23CCC(=O)N2CC2(O3)c3ccccc3C=Cc3ccccc32)cc1. The summed E-state index contributed by atoms with van der Waals surface area (Å²) in [6.45, 7) is 2.61. The quantitative estimate of drug-likeness (QED) is 0.567. The summed E-state index contributed by atoms with van der Waals surface area (Å²) in [5, 5.41) is 0. The first-order valence-electron chi connectivity index (χ1n) is 10.6. The minimum Gasteiger partial charge on any atom is -0.333 e. The number of ether oxygens (including phenoxy) is 1. The Morgan fingerprint density at radius 3 is 2.07 bits per heavy atom. The molecule has 2 aliphatic heterocycles. The molecule has 2 heterocycles. The van der Waals surface area contributed by atoms with Gasteiger partial charge in [-0.3, -0.25) is 4.79 Å². The summed E-state index contributed by atoms with van der Waals surface area (Å²) in [4.78, 5) is 15.1. The zero-order valence-corrected chi connectivity index (χ0v) is 17.0. The maximum absolute atomic E-state index is 13.1. The van der Waals surface area contributed by atoms with Gasteiger partial charge in [0.15, 0.2) is 5.72 Å². The molecule has 1 aliphatic carbocycles. The summed E-state index contributed by atoms with van der Waals surface area (Å²) < 4.78 is 7.20. The van der Waals surface area contributed by atoms with Crippen molar-refractivity contribution in [2.75, 3.05) is 6.54 Å². The summed E-state index contributed by atoms with van der Waals surface area (Å²) in [6.07, 6.45) is 5.52. The molecule has 2 saturated heterocycles. The monoisotopic (exact) mass is 393 g/mol. The minimum absolute atomic E-state index is 0.166. The Labute approximate surface area is 176 Å². The van der Waals surface area contributed by atoms with Crippen molar-refractivity contribution in [3.63, 3.8) is 0 Å². The minimum atomic E-state index is -0.727. The number of hydrogen-bond acceptors (Lipinski definition) is 2. The fourth-order valence-electron chi connectivity index (χ4n) is 5.41. The zero-order chi connectivity index (χ0) is 20.3. The highest BCUT2D eigenvalue weighted by Crippen LogP contribution is 2.56. The number of fused-ring (bicyclic) bond motifs is 5. The van der Waals surface area contributed by atoms with E-state index in [2.05, 4.69) is 91.9 Å². The molecule has 30 heavy (non-hydrogen) atoms. The summed E-state index contributed by atoms with van der Waals surface area (Å²) in [5.41, 5.74) is 5.37. The van der Waals surface area contributed by atoms with Crippen LogP contribution >= 0.6 is 0 Å². The van der Waals surface area contributed by atoms with Gasteiger partial charge in [-0.1, -0.05) is 90.5 Å². The van der Waals surface area contributed by atoms with Gasteiger partial charge in [0.05, 0.1) is 6.54 Å². The second-order valence-corrected chi connectivity index (χ2v) is 8.57. The lowest BCUT2D eigenvalue weighted by molar-refractivity contribution is -0.145. The van der Waals surface area contributed by atoms with E-state index in [1.807, 2.05) is 4.90 Å². The molecule has 3 aromatic rings. The average molecular weight is 393 g/mol. The molecular formula is C27H23NO2. The first-order valence-corrected chi connectivity index (χ1v) is 10.6. The van der Waals surface area contributed by atoms with E-state index >= 15 is 0 Å². The Balaban J connectivity index is 1.62. The van der Waals surface area contributed by atoms with Crippen molar-refractivity contribution >= 4 is 18.1 Å². The van der Waals surface area contributed by atoms with Gasteiger partial charge < -0.3 is 9.64 Å². The fraction of sp³-hybridized carbons (Fsp3) is 0.222. The van der Waals surface area contributed by atoms with E-state index in [4.69, 9.17) is 4.74 Å². The predicted octanol–water partition coefficient (Wildman–Crippen LogP) is 5.23. The molecule has 1 atom stereocenters. The lowest BCUT2D eigenvalue weighted by Gasteiger charge is -2.35. The Bertz CT molecular complexity index is 1140. The molecule has 0 radical (unpaired) electrons. The first kappa shape index (κ1) is 17.7. The topological polar surface area (TPSA) is 29.5 Å². The van der Waals surface area contributed by atoms with Gasteiger partial charge in [0.1, 0.15) is 5.60 Å². The molecule has 6 rings (SSSR count). The zero-order valence-electron chi connectivity index (χ0n) is 17.0. The first-order chi connectivity index (χ1) is 14.6. The van der Waals surface area contributed by atoms with Crippen LogP contribution in [-0.2, 0) is 20.9 Å². The van der Waals surface area contributed by atoms with E-state index in [-0.39, 0.29) is 5.91 Å². The van der Waals surface area contributed by atoms with E-state index in [1.165, 1.54) is 5.56 Å². The summed E-state index contributed by atoms with van der Waals surface area (Å²) in [6, 6.07) is 25.3. The van der Waals surface area contributed by atoms with Crippen LogP contribution in [0.2, 0.25) is 0 Å². The molecule has 3 aliphatic rings. The maximum atomic E-state index is 13.1. The van der Waals surface area contributed by atoms with Crippen LogP contribution in [0.25, 0.3) is 12.2 Å². The molecule has 3 nitrogen and oxygen atoms in total. The van der Waals surface area contributed by atoms with Gasteiger partial charge in [0.2, 0.25) is 5.91 Å². The number of benzene rings is 3. The molecule has 1 spiro atoms. The molecule has 148 valence electrons. The number of aryl methyl sites for hydroxylation is 1. The van der Waals surface area contributed by atoms with Crippen LogP contribution < -0.4 is 0 Å². The second-order valence-electron chi connectivity index (χ2n) is 8.57. The molecule has 0 aromatic heterocycles. The predicted molar refractivity (Wildman–Crippen MR) is 117 cm³/mol. The van der Waals surface area contributed by atoms with Gasteiger partial charge >= 0.3 is 0 Å². The van der Waals surface area contributed by atoms with Crippen molar-refractivity contribution in [2.45, 2.75) is 31.1 Å². The largest absolute Gasteiger partial charge is 0.333 e. The maximum Gasteiger partial charge on any atom is 0.225 e. The van der Waals surface area contributed by atoms with Crippen molar-refractivity contribution < 1.29 is 9.53 Å². The lowest BCUT2D eigenvalue weighted by Crippen LogP contribution is -2.38. The van der Waals surface area contributed by atoms with E-state index in [1.54, 1.807) is 0 Å². The van der Waals surface area contributed by atoms with Gasteiger partial charge in [-0.2, -0.15) is 0 Å². The van der Waals surface area contributed by atoms with Crippen LogP contribution in [0.5, 0.6) is 0 Å². The molecule has 0 N–H and O–H groups in total. The Hall–Kier alpha value is -3.17. The second kappa shape index (κ2) is 6.16. The molecule has 1 amide bonds. The number of hydrogen-bond donors (Lipinski definition) is 0. The molecule has 2 fully saturated rings. The normalized spacial score (nSPS) is 23.2. The van der Waals surface area contributed by atoms with Gasteiger partial charge in [0.25, 0.3) is 0 Å². The third-order valence-corrected chi connectivity index (χ3v) is 6.88. The van der Waals surface area contributed by atoms with Crippen LogP contribution in [0, 0.1) is 6.92 Å². The molecule has 0 bridgehead atoms. The number of rotatable bonds is 1. The van der Waals surface area contributed by atoms with Gasteiger partial charge in [-0.15, -0.1) is 0 Å². The smallest absolute Gasteiger partial charge is 0.225 e. The number of carbonyl (C=O) groups is 1. The summed E-state index contributed by atoms with van der Waals surface area (Å²) >= 11 is 0. The summed E-state index contributed by atoms with van der Waals surface area (Å²) in [5.74, 6) is 0.166. The van der Waals surface area contributed by atoms with Crippen LogP contribution in [0.4, 0.5) is 0 Å². The number of nitrogens with zero attached hydrogens (tertiary/aromatic N) is 1. The Morgan fingerprint density at radius 2 is 1.43 bits per heavy atom. The van der Waals surface area contributed by atoms with Crippen LogP contribution in [0.3, 0.4) is 0 Å². The van der Waals surface area contributed by atoms with Crippen LogP contribution in [0.1, 0.15) is 46.2 Å². The van der Waals surface area contributed by atoms with Crippen LogP contribution in [0.15, 0.2) is 72.8 Å². The fourth-order valence-corrected chi connectivity index (χ4v) is 5.41. The van der Waals surface area contributed by atoms with Crippen LogP contribution in [-0.4, -0.2) is 17.4 Å². The van der Waals surface area contributed by atoms with Crippen molar-refractivity contribution in [1.82, 2.24) is 4.90 Å². The Kier molecular flexibility index (Phi) is 3.63. The standard InChI is InChI=1S/C27H23NO2/c1-19-10-14-22(15-11-19)27-17-16-25(29)28(27)18-26(30-27)23-8-4-2-6-20(23)12-13-21-7-3-5-9-24(21)26/h2-15H,16-18H2,1H3. The van der Waals surface area contributed by atoms with E-state index < -0.39 is 11.3 Å². The van der Waals surface area contributed by atoms with Gasteiger partial charge in [-0.05, 0) is 29.2 Å². The van der Waals surface area contributed by atoms with E-state index in [9.17, 15) is 4.79 Å². The third kappa shape index (κ3) is 2.27. The molecule has 0 saturated carbocycles. The van der Waals surface area contributed by atoms with Crippen molar-refractivity contribution in [3.05, 3.63) is 106 Å². The number of carbonyl (C=O) groups excluding carboxylic acids is 1. The van der Waals surface area contributed by atoms with E-state index in [0.29, 0.717) is 19.4 Å². The molecule has 1 unspecified atom stereocenters. The highest BCUT2D eigenvalue weighted by molar-refractivity contribution is 5.82. The van der Waals surface area contributed by atoms with Crippen molar-refractivity contribution in [1.29, 1.82) is 0 Å². The van der Waals surface area contributed by atoms with E-state index in [0.717, 1.165) is 27.8 Å². The molecule has 3 heteroatoms. The van der Waals surface area contributed by atoms with Crippen molar-refractivity contribution in [3.8, 4) is 0 Å². The lowest BCUT2D eigenvalue weighted by atomic mass is 9.83. The highest BCUT2D eigenvalue weighted by atomic mass is 16.6. The summed E-state index contributed by atoms with van der Waals surface area (Å²) in [7, 11) is 0. The average Bonchev–Trinajstić information content (AvgIpc) is 3.24.